The lowest BCUT2D eigenvalue weighted by molar-refractivity contribution is 0.0648. The van der Waals surface area contributed by atoms with E-state index in [9.17, 15) is 13.6 Å². The SMILES string of the molecule is CNC1CCN(C(=O)c2cc(F)cc(F)c2)CC1C. The van der Waals surface area contributed by atoms with E-state index in [4.69, 9.17) is 0 Å². The second-order valence-corrected chi connectivity index (χ2v) is 5.07. The monoisotopic (exact) mass is 268 g/mol. The van der Waals surface area contributed by atoms with Crippen molar-refractivity contribution >= 4 is 5.91 Å². The summed E-state index contributed by atoms with van der Waals surface area (Å²) in [5, 5.41) is 3.21. The molecule has 19 heavy (non-hydrogen) atoms. The van der Waals surface area contributed by atoms with Crippen LogP contribution < -0.4 is 5.32 Å². The van der Waals surface area contributed by atoms with Crippen LogP contribution in [0.2, 0.25) is 0 Å². The number of benzene rings is 1. The minimum atomic E-state index is -0.721. The van der Waals surface area contributed by atoms with Gasteiger partial charge in [0.1, 0.15) is 11.6 Å². The van der Waals surface area contributed by atoms with Crippen LogP contribution in [-0.4, -0.2) is 37.0 Å². The molecule has 0 spiro atoms. The maximum Gasteiger partial charge on any atom is 0.254 e. The summed E-state index contributed by atoms with van der Waals surface area (Å²) in [7, 11) is 1.90. The van der Waals surface area contributed by atoms with Crippen LogP contribution in [0.25, 0.3) is 0 Å². The Morgan fingerprint density at radius 1 is 1.32 bits per heavy atom. The molecule has 1 aromatic rings. The molecular formula is C14H18F2N2O. The van der Waals surface area contributed by atoms with Crippen molar-refractivity contribution in [2.75, 3.05) is 20.1 Å². The van der Waals surface area contributed by atoms with Gasteiger partial charge in [0.25, 0.3) is 5.91 Å². The van der Waals surface area contributed by atoms with Gasteiger partial charge in [-0.1, -0.05) is 6.92 Å². The summed E-state index contributed by atoms with van der Waals surface area (Å²) in [5.41, 5.74) is 0.0765. The third kappa shape index (κ3) is 3.10. The van der Waals surface area contributed by atoms with Crippen molar-refractivity contribution in [3.63, 3.8) is 0 Å². The van der Waals surface area contributed by atoms with E-state index in [1.54, 1.807) is 4.90 Å². The van der Waals surface area contributed by atoms with Gasteiger partial charge in [0.05, 0.1) is 0 Å². The maximum atomic E-state index is 13.1. The number of piperidine rings is 1. The molecular weight excluding hydrogens is 250 g/mol. The van der Waals surface area contributed by atoms with Crippen LogP contribution >= 0.6 is 0 Å². The van der Waals surface area contributed by atoms with Gasteiger partial charge < -0.3 is 10.2 Å². The number of amides is 1. The predicted octanol–water partition coefficient (Wildman–Crippen LogP) is 2.03. The number of likely N-dealkylation sites (tertiary alicyclic amines) is 1. The summed E-state index contributed by atoms with van der Waals surface area (Å²) in [6, 6.07) is 3.32. The van der Waals surface area contributed by atoms with E-state index in [1.165, 1.54) is 0 Å². The maximum absolute atomic E-state index is 13.1. The number of carbonyl (C=O) groups is 1. The normalized spacial score (nSPS) is 23.5. The molecule has 0 bridgehead atoms. The summed E-state index contributed by atoms with van der Waals surface area (Å²) in [4.78, 5) is 13.9. The zero-order chi connectivity index (χ0) is 14.0. The van der Waals surface area contributed by atoms with Crippen molar-refractivity contribution in [2.45, 2.75) is 19.4 Å². The summed E-state index contributed by atoms with van der Waals surface area (Å²) < 4.78 is 26.3. The number of hydrogen-bond acceptors (Lipinski definition) is 2. The number of carbonyl (C=O) groups excluding carboxylic acids is 1. The molecule has 104 valence electrons. The van der Waals surface area contributed by atoms with E-state index in [1.807, 2.05) is 7.05 Å². The topological polar surface area (TPSA) is 32.3 Å². The first-order chi connectivity index (χ1) is 9.01. The minimum absolute atomic E-state index is 0.0765. The number of hydrogen-bond donors (Lipinski definition) is 1. The minimum Gasteiger partial charge on any atom is -0.338 e. The number of nitrogens with one attached hydrogen (secondary N) is 1. The quantitative estimate of drug-likeness (QED) is 0.890. The lowest BCUT2D eigenvalue weighted by atomic mass is 9.93. The van der Waals surface area contributed by atoms with Crippen molar-refractivity contribution < 1.29 is 13.6 Å². The van der Waals surface area contributed by atoms with E-state index in [-0.39, 0.29) is 11.5 Å². The molecule has 5 heteroatoms. The number of halogens is 2. The van der Waals surface area contributed by atoms with Gasteiger partial charge in [-0.25, -0.2) is 8.78 Å². The molecule has 1 heterocycles. The molecule has 0 radical (unpaired) electrons. The van der Waals surface area contributed by atoms with Crippen LogP contribution in [-0.2, 0) is 0 Å². The highest BCUT2D eigenvalue weighted by atomic mass is 19.1. The third-order valence-electron chi connectivity index (χ3n) is 3.67. The Balaban J connectivity index is 2.12. The molecule has 1 aliphatic rings. The number of rotatable bonds is 2. The first kappa shape index (κ1) is 13.9. The Hall–Kier alpha value is -1.49. The molecule has 2 rings (SSSR count). The van der Waals surface area contributed by atoms with Crippen molar-refractivity contribution in [1.82, 2.24) is 10.2 Å². The van der Waals surface area contributed by atoms with Gasteiger partial charge in [-0.05, 0) is 31.5 Å². The summed E-state index contributed by atoms with van der Waals surface area (Å²) in [6.45, 7) is 3.27. The molecule has 0 aliphatic carbocycles. The van der Waals surface area contributed by atoms with Crippen molar-refractivity contribution in [1.29, 1.82) is 0 Å². The van der Waals surface area contributed by atoms with Gasteiger partial charge in [0.2, 0.25) is 0 Å². The summed E-state index contributed by atoms with van der Waals surface area (Å²) in [5.74, 6) is -1.43. The van der Waals surface area contributed by atoms with Crippen LogP contribution in [0.5, 0.6) is 0 Å². The van der Waals surface area contributed by atoms with Crippen LogP contribution in [0.3, 0.4) is 0 Å². The molecule has 1 amide bonds. The van der Waals surface area contributed by atoms with Crippen LogP contribution in [0.1, 0.15) is 23.7 Å². The highest BCUT2D eigenvalue weighted by Crippen LogP contribution is 2.19. The molecule has 1 N–H and O–H groups in total. The molecule has 1 saturated heterocycles. The molecule has 1 fully saturated rings. The fraction of sp³-hybridized carbons (Fsp3) is 0.500. The molecule has 2 unspecified atom stereocenters. The Kier molecular flexibility index (Phi) is 4.14. The smallest absolute Gasteiger partial charge is 0.254 e. The molecule has 1 aliphatic heterocycles. The Bertz CT molecular complexity index is 458. The lowest BCUT2D eigenvalue weighted by Gasteiger charge is -2.36. The second-order valence-electron chi connectivity index (χ2n) is 5.07. The molecule has 3 nitrogen and oxygen atoms in total. The van der Waals surface area contributed by atoms with Crippen molar-refractivity contribution in [2.24, 2.45) is 5.92 Å². The molecule has 1 aromatic carbocycles. The van der Waals surface area contributed by atoms with Crippen molar-refractivity contribution in [3.8, 4) is 0 Å². The Morgan fingerprint density at radius 2 is 1.95 bits per heavy atom. The first-order valence-electron chi connectivity index (χ1n) is 6.44. The summed E-state index contributed by atoms with van der Waals surface area (Å²) in [6.07, 6.45) is 0.848. The predicted molar refractivity (Wildman–Crippen MR) is 68.9 cm³/mol. The fourth-order valence-electron chi connectivity index (χ4n) is 2.62. The largest absolute Gasteiger partial charge is 0.338 e. The average Bonchev–Trinajstić information content (AvgIpc) is 2.36. The van der Waals surface area contributed by atoms with Gasteiger partial charge in [0.15, 0.2) is 0 Å². The van der Waals surface area contributed by atoms with Gasteiger partial charge in [-0.15, -0.1) is 0 Å². The van der Waals surface area contributed by atoms with Gasteiger partial charge in [-0.3, -0.25) is 4.79 Å². The molecule has 0 saturated carbocycles. The Morgan fingerprint density at radius 3 is 2.47 bits per heavy atom. The van der Waals surface area contributed by atoms with Gasteiger partial charge in [-0.2, -0.15) is 0 Å². The molecule has 2 atom stereocenters. The van der Waals surface area contributed by atoms with E-state index in [0.29, 0.717) is 25.0 Å². The highest BCUT2D eigenvalue weighted by Gasteiger charge is 2.28. The number of nitrogens with zero attached hydrogens (tertiary/aromatic N) is 1. The summed E-state index contributed by atoms with van der Waals surface area (Å²) >= 11 is 0. The zero-order valence-corrected chi connectivity index (χ0v) is 11.1. The fourth-order valence-corrected chi connectivity index (χ4v) is 2.62. The Labute approximate surface area is 111 Å². The van der Waals surface area contributed by atoms with Crippen molar-refractivity contribution in [3.05, 3.63) is 35.4 Å². The van der Waals surface area contributed by atoms with Gasteiger partial charge >= 0.3 is 0 Å². The standard InChI is InChI=1S/C14H18F2N2O/c1-9-8-18(4-3-13(9)17-2)14(19)10-5-11(15)7-12(16)6-10/h5-7,9,13,17H,3-4,8H2,1-2H3. The average molecular weight is 268 g/mol. The second kappa shape index (κ2) is 5.65. The molecule has 0 aromatic heterocycles. The first-order valence-corrected chi connectivity index (χ1v) is 6.44. The zero-order valence-electron chi connectivity index (χ0n) is 11.1. The van der Waals surface area contributed by atoms with Crippen LogP contribution in [0.4, 0.5) is 8.78 Å². The van der Waals surface area contributed by atoms with Gasteiger partial charge in [0, 0.05) is 30.8 Å². The van der Waals surface area contributed by atoms with E-state index < -0.39 is 11.6 Å². The van der Waals surface area contributed by atoms with E-state index >= 15 is 0 Å². The highest BCUT2D eigenvalue weighted by molar-refractivity contribution is 5.94. The third-order valence-corrected chi connectivity index (χ3v) is 3.67. The lowest BCUT2D eigenvalue weighted by Crippen LogP contribution is -2.49. The van der Waals surface area contributed by atoms with Crippen LogP contribution in [0.15, 0.2) is 18.2 Å². The van der Waals surface area contributed by atoms with Crippen LogP contribution in [0, 0.1) is 17.6 Å². The van der Waals surface area contributed by atoms with E-state index in [2.05, 4.69) is 12.2 Å². The van der Waals surface area contributed by atoms with E-state index in [0.717, 1.165) is 24.6 Å².